The molecule has 2 aromatic carbocycles. The third-order valence-corrected chi connectivity index (χ3v) is 6.71. The number of halogens is 3. The lowest BCUT2D eigenvalue weighted by molar-refractivity contribution is -0.384. The predicted octanol–water partition coefficient (Wildman–Crippen LogP) is 6.05. The summed E-state index contributed by atoms with van der Waals surface area (Å²) in [5.41, 5.74) is 1.36. The highest BCUT2D eigenvalue weighted by atomic mass is 35.5. The zero-order valence-electron chi connectivity index (χ0n) is 18.6. The van der Waals surface area contributed by atoms with Crippen molar-refractivity contribution >= 4 is 75.5 Å². The molecular weight excluding hydrogens is 547 g/mol. The van der Waals surface area contributed by atoms with E-state index < -0.39 is 4.92 Å². The number of nitrogens with one attached hydrogen (secondary N) is 1. The maximum atomic E-state index is 12.4. The molecule has 0 saturated carbocycles. The molecule has 12 heteroatoms. The molecular formula is C24H19Cl3N4O4S. The highest BCUT2D eigenvalue weighted by molar-refractivity contribution is 7.80. The second kappa shape index (κ2) is 11.3. The van der Waals surface area contributed by atoms with Crippen LogP contribution in [0, 0.1) is 10.1 Å². The molecule has 4 rings (SSSR count). The summed E-state index contributed by atoms with van der Waals surface area (Å²) in [6.07, 6.45) is 2.88. The third-order valence-electron chi connectivity index (χ3n) is 5.50. The minimum absolute atomic E-state index is 0.0566. The molecule has 36 heavy (non-hydrogen) atoms. The number of non-ortho nitro benzene ring substituents is 1. The van der Waals surface area contributed by atoms with Gasteiger partial charge in [0.05, 0.1) is 20.7 Å². The van der Waals surface area contributed by atoms with Crippen LogP contribution in [0.2, 0.25) is 15.1 Å². The number of piperazine rings is 1. The van der Waals surface area contributed by atoms with Crippen LogP contribution in [0.1, 0.15) is 5.76 Å². The number of thiocarbonyl (C=S) groups is 1. The number of nitro benzene ring substituents is 1. The molecule has 2 heterocycles. The van der Waals surface area contributed by atoms with Crippen molar-refractivity contribution in [2.45, 2.75) is 0 Å². The van der Waals surface area contributed by atoms with E-state index in [0.29, 0.717) is 63.4 Å². The minimum atomic E-state index is -0.483. The molecule has 3 aromatic rings. The summed E-state index contributed by atoms with van der Waals surface area (Å²) in [5.74, 6) is 0.646. The number of benzene rings is 2. The molecule has 1 amide bonds. The van der Waals surface area contributed by atoms with Gasteiger partial charge in [-0.2, -0.15) is 0 Å². The number of hydrogen-bond acceptors (Lipinski definition) is 6. The molecule has 0 aliphatic carbocycles. The number of anilines is 1. The standard InChI is InChI=1S/C24H19Cl3N4O4S/c25-15-1-5-18(19(26)13-15)22-7-3-17(35-22)4-8-23(32)28-24(36)30-11-9-29(10-12-30)21-6-2-16(31(33)34)14-20(21)27/h1-8,13-14H,9-12H2,(H,28,32,36). The van der Waals surface area contributed by atoms with E-state index in [1.807, 2.05) is 9.80 Å². The van der Waals surface area contributed by atoms with E-state index in [0.717, 1.165) is 5.69 Å². The van der Waals surface area contributed by atoms with Crippen LogP contribution in [0.4, 0.5) is 11.4 Å². The molecule has 1 fully saturated rings. The van der Waals surface area contributed by atoms with Gasteiger partial charge in [0.2, 0.25) is 5.91 Å². The molecule has 0 spiro atoms. The van der Waals surface area contributed by atoms with Crippen LogP contribution in [0.3, 0.4) is 0 Å². The zero-order valence-corrected chi connectivity index (χ0v) is 21.7. The van der Waals surface area contributed by atoms with Crippen LogP contribution in [-0.2, 0) is 4.79 Å². The lowest BCUT2D eigenvalue weighted by Crippen LogP contribution is -2.52. The van der Waals surface area contributed by atoms with Gasteiger partial charge in [-0.05, 0) is 54.7 Å². The van der Waals surface area contributed by atoms with Crippen molar-refractivity contribution in [2.24, 2.45) is 0 Å². The van der Waals surface area contributed by atoms with E-state index in [2.05, 4.69) is 5.32 Å². The van der Waals surface area contributed by atoms with E-state index in [9.17, 15) is 14.9 Å². The number of nitro groups is 1. The topological polar surface area (TPSA) is 91.9 Å². The summed E-state index contributed by atoms with van der Waals surface area (Å²) >= 11 is 23.8. The van der Waals surface area contributed by atoms with Crippen molar-refractivity contribution in [3.63, 3.8) is 0 Å². The van der Waals surface area contributed by atoms with Crippen molar-refractivity contribution in [1.29, 1.82) is 0 Å². The summed E-state index contributed by atoms with van der Waals surface area (Å²) in [4.78, 5) is 26.7. The first-order chi connectivity index (χ1) is 17.2. The Hall–Kier alpha value is -3.11. The number of amides is 1. The molecule has 0 radical (unpaired) electrons. The Morgan fingerprint density at radius 1 is 1.03 bits per heavy atom. The Morgan fingerprint density at radius 2 is 1.78 bits per heavy atom. The quantitative estimate of drug-likeness (QED) is 0.174. The van der Waals surface area contributed by atoms with E-state index in [1.165, 1.54) is 18.2 Å². The second-order valence-electron chi connectivity index (χ2n) is 7.82. The Labute approximate surface area is 227 Å². The fourth-order valence-corrected chi connectivity index (χ4v) is 4.76. The molecule has 1 aliphatic rings. The summed E-state index contributed by atoms with van der Waals surface area (Å²) < 4.78 is 5.75. The van der Waals surface area contributed by atoms with Crippen molar-refractivity contribution in [1.82, 2.24) is 10.2 Å². The van der Waals surface area contributed by atoms with E-state index >= 15 is 0 Å². The van der Waals surface area contributed by atoms with Gasteiger partial charge < -0.3 is 14.2 Å². The van der Waals surface area contributed by atoms with Crippen LogP contribution in [-0.4, -0.2) is 47.0 Å². The second-order valence-corrected chi connectivity index (χ2v) is 9.46. The SMILES string of the molecule is O=C(C=Cc1ccc(-c2ccc(Cl)cc2Cl)o1)NC(=S)N1CCN(c2ccc([N+](=O)[O-])cc2Cl)CC1. The fraction of sp³-hybridized carbons (Fsp3) is 0.167. The van der Waals surface area contributed by atoms with Crippen LogP contribution < -0.4 is 10.2 Å². The maximum Gasteiger partial charge on any atom is 0.271 e. The van der Waals surface area contributed by atoms with Crippen LogP contribution in [0.5, 0.6) is 0 Å². The maximum absolute atomic E-state index is 12.4. The van der Waals surface area contributed by atoms with E-state index in [1.54, 1.807) is 42.5 Å². The first kappa shape index (κ1) is 26.0. The Bertz CT molecular complexity index is 1350. The lowest BCUT2D eigenvalue weighted by Gasteiger charge is -2.37. The summed E-state index contributed by atoms with van der Waals surface area (Å²) in [6, 6.07) is 13.0. The number of furan rings is 1. The number of nitrogens with zero attached hydrogens (tertiary/aromatic N) is 3. The van der Waals surface area contributed by atoms with Crippen molar-refractivity contribution in [3.8, 4) is 11.3 Å². The smallest absolute Gasteiger partial charge is 0.271 e. The Kier molecular flexibility index (Phi) is 8.15. The summed E-state index contributed by atoms with van der Waals surface area (Å²) in [5, 5.41) is 15.2. The monoisotopic (exact) mass is 564 g/mol. The number of rotatable bonds is 5. The molecule has 186 valence electrons. The van der Waals surface area contributed by atoms with E-state index in [-0.39, 0.29) is 11.6 Å². The molecule has 8 nitrogen and oxygen atoms in total. The van der Waals surface area contributed by atoms with Crippen molar-refractivity contribution in [2.75, 3.05) is 31.1 Å². The Balaban J connectivity index is 1.29. The largest absolute Gasteiger partial charge is 0.457 e. The summed E-state index contributed by atoms with van der Waals surface area (Å²) in [7, 11) is 0. The molecule has 0 unspecified atom stereocenters. The Morgan fingerprint density at radius 3 is 2.44 bits per heavy atom. The molecule has 0 atom stereocenters. The molecule has 1 aliphatic heterocycles. The van der Waals surface area contributed by atoms with Crippen molar-refractivity contribution < 1.29 is 14.1 Å². The summed E-state index contributed by atoms with van der Waals surface area (Å²) in [6.45, 7) is 2.29. The predicted molar refractivity (Wildman–Crippen MR) is 146 cm³/mol. The van der Waals surface area contributed by atoms with Gasteiger partial charge in [0.15, 0.2) is 5.11 Å². The number of hydrogen-bond donors (Lipinski definition) is 1. The van der Waals surface area contributed by atoms with E-state index in [4.69, 9.17) is 51.4 Å². The van der Waals surface area contributed by atoms with Gasteiger partial charge in [0.25, 0.3) is 5.69 Å². The highest BCUT2D eigenvalue weighted by Crippen LogP contribution is 2.32. The fourth-order valence-electron chi connectivity index (χ4n) is 3.68. The number of carbonyl (C=O) groups excluding carboxylic acids is 1. The third kappa shape index (κ3) is 6.17. The number of carbonyl (C=O) groups is 1. The zero-order chi connectivity index (χ0) is 25.8. The molecule has 1 saturated heterocycles. The average molecular weight is 566 g/mol. The van der Waals surface area contributed by atoms with Gasteiger partial charge >= 0.3 is 0 Å². The lowest BCUT2D eigenvalue weighted by atomic mass is 10.2. The van der Waals surface area contributed by atoms with Crippen LogP contribution in [0.15, 0.2) is 59.0 Å². The minimum Gasteiger partial charge on any atom is -0.457 e. The van der Waals surface area contributed by atoms with Crippen LogP contribution in [0.25, 0.3) is 17.4 Å². The van der Waals surface area contributed by atoms with Gasteiger partial charge in [0.1, 0.15) is 11.5 Å². The molecule has 1 N–H and O–H groups in total. The molecule has 1 aromatic heterocycles. The van der Waals surface area contributed by atoms with Gasteiger partial charge in [-0.25, -0.2) is 0 Å². The highest BCUT2D eigenvalue weighted by Gasteiger charge is 2.22. The average Bonchev–Trinajstić information content (AvgIpc) is 3.31. The first-order valence-corrected chi connectivity index (χ1v) is 12.3. The van der Waals surface area contributed by atoms with Gasteiger partial charge in [0, 0.05) is 55.0 Å². The molecule has 0 bridgehead atoms. The first-order valence-electron chi connectivity index (χ1n) is 10.7. The van der Waals surface area contributed by atoms with Gasteiger partial charge in [-0.15, -0.1) is 0 Å². The van der Waals surface area contributed by atoms with Crippen LogP contribution >= 0.6 is 47.0 Å². The van der Waals surface area contributed by atoms with Crippen molar-refractivity contribution in [3.05, 3.63) is 85.5 Å². The normalized spacial score (nSPS) is 13.8. The van der Waals surface area contributed by atoms with Gasteiger partial charge in [-0.3, -0.25) is 20.2 Å². The van der Waals surface area contributed by atoms with Gasteiger partial charge in [-0.1, -0.05) is 34.8 Å².